The number of ether oxygens (including phenoxy) is 1. The predicted octanol–water partition coefficient (Wildman–Crippen LogP) is 3.77. The standard InChI is InChI=1S/C19H23NO2/c1-16(17-9-4-2-5-10-17)15-19(21)20-13-8-14-22-18-11-6-3-7-12-18/h2-7,9-12,16H,8,13-15H2,1H3,(H,20,21). The van der Waals surface area contributed by atoms with Gasteiger partial charge < -0.3 is 10.1 Å². The van der Waals surface area contributed by atoms with Crippen LogP contribution in [0.1, 0.15) is 31.2 Å². The molecule has 0 heterocycles. The van der Waals surface area contributed by atoms with Crippen molar-refractivity contribution >= 4 is 5.91 Å². The molecule has 3 heteroatoms. The smallest absolute Gasteiger partial charge is 0.220 e. The molecular weight excluding hydrogens is 274 g/mol. The van der Waals surface area contributed by atoms with Crippen LogP contribution < -0.4 is 10.1 Å². The zero-order valence-electron chi connectivity index (χ0n) is 13.0. The van der Waals surface area contributed by atoms with Crippen molar-refractivity contribution in [2.75, 3.05) is 13.2 Å². The number of para-hydroxylation sites is 1. The van der Waals surface area contributed by atoms with Crippen LogP contribution in [-0.2, 0) is 4.79 Å². The molecule has 1 N–H and O–H groups in total. The van der Waals surface area contributed by atoms with E-state index in [1.54, 1.807) is 0 Å². The quantitative estimate of drug-likeness (QED) is 0.753. The summed E-state index contributed by atoms with van der Waals surface area (Å²) in [5.41, 5.74) is 1.20. The lowest BCUT2D eigenvalue weighted by Gasteiger charge is -2.12. The molecule has 0 saturated heterocycles. The molecule has 0 spiro atoms. The number of nitrogens with one attached hydrogen (secondary N) is 1. The first-order valence-electron chi connectivity index (χ1n) is 7.75. The van der Waals surface area contributed by atoms with Gasteiger partial charge in [0.1, 0.15) is 5.75 Å². The van der Waals surface area contributed by atoms with E-state index in [1.165, 1.54) is 5.56 Å². The maximum absolute atomic E-state index is 11.9. The van der Waals surface area contributed by atoms with Gasteiger partial charge in [-0.3, -0.25) is 4.79 Å². The predicted molar refractivity (Wildman–Crippen MR) is 89.0 cm³/mol. The van der Waals surface area contributed by atoms with Gasteiger partial charge in [-0.2, -0.15) is 0 Å². The first-order chi connectivity index (χ1) is 10.8. The molecule has 2 aromatic rings. The average Bonchev–Trinajstić information content (AvgIpc) is 2.56. The SMILES string of the molecule is CC(CC(=O)NCCCOc1ccccc1)c1ccccc1. The van der Waals surface area contributed by atoms with Crippen molar-refractivity contribution < 1.29 is 9.53 Å². The Balaban J connectivity index is 1.60. The van der Waals surface area contributed by atoms with Crippen molar-refractivity contribution in [1.29, 1.82) is 0 Å². The van der Waals surface area contributed by atoms with Crippen LogP contribution in [0, 0.1) is 0 Å². The van der Waals surface area contributed by atoms with Gasteiger partial charge in [-0.05, 0) is 30.0 Å². The second kappa shape index (κ2) is 8.88. The number of benzene rings is 2. The summed E-state index contributed by atoms with van der Waals surface area (Å²) < 4.78 is 5.59. The number of rotatable bonds is 8. The topological polar surface area (TPSA) is 38.3 Å². The lowest BCUT2D eigenvalue weighted by molar-refractivity contribution is -0.121. The van der Waals surface area contributed by atoms with Crippen LogP contribution in [0.3, 0.4) is 0 Å². The third-order valence-electron chi connectivity index (χ3n) is 3.52. The van der Waals surface area contributed by atoms with E-state index in [4.69, 9.17) is 4.74 Å². The van der Waals surface area contributed by atoms with Crippen LogP contribution in [0.15, 0.2) is 60.7 Å². The molecule has 0 radical (unpaired) electrons. The van der Waals surface area contributed by atoms with Gasteiger partial charge in [-0.15, -0.1) is 0 Å². The molecule has 116 valence electrons. The average molecular weight is 297 g/mol. The maximum atomic E-state index is 11.9. The maximum Gasteiger partial charge on any atom is 0.220 e. The Labute approximate surface area is 132 Å². The zero-order valence-corrected chi connectivity index (χ0v) is 13.0. The van der Waals surface area contributed by atoms with Crippen molar-refractivity contribution in [2.45, 2.75) is 25.7 Å². The second-order valence-electron chi connectivity index (χ2n) is 5.38. The molecular formula is C19H23NO2. The molecule has 0 fully saturated rings. The van der Waals surface area contributed by atoms with Crippen LogP contribution in [0.4, 0.5) is 0 Å². The first kappa shape index (κ1) is 16.1. The van der Waals surface area contributed by atoms with Crippen molar-refractivity contribution in [3.63, 3.8) is 0 Å². The number of carbonyl (C=O) groups excluding carboxylic acids is 1. The highest BCUT2D eigenvalue weighted by Gasteiger charge is 2.10. The summed E-state index contributed by atoms with van der Waals surface area (Å²) in [5, 5.41) is 2.95. The summed E-state index contributed by atoms with van der Waals surface area (Å²) in [6, 6.07) is 19.8. The fourth-order valence-corrected chi connectivity index (χ4v) is 2.26. The molecule has 1 amide bonds. The van der Waals surface area contributed by atoms with Gasteiger partial charge in [-0.1, -0.05) is 55.5 Å². The van der Waals surface area contributed by atoms with Crippen molar-refractivity contribution in [2.24, 2.45) is 0 Å². The normalized spacial score (nSPS) is 11.7. The van der Waals surface area contributed by atoms with Crippen molar-refractivity contribution in [3.05, 3.63) is 66.2 Å². The molecule has 22 heavy (non-hydrogen) atoms. The fourth-order valence-electron chi connectivity index (χ4n) is 2.26. The second-order valence-corrected chi connectivity index (χ2v) is 5.38. The molecule has 1 unspecified atom stereocenters. The molecule has 1 atom stereocenters. The van der Waals surface area contributed by atoms with Crippen LogP contribution in [0.2, 0.25) is 0 Å². The van der Waals surface area contributed by atoms with Gasteiger partial charge in [0.25, 0.3) is 0 Å². The monoisotopic (exact) mass is 297 g/mol. The van der Waals surface area contributed by atoms with Gasteiger partial charge in [0.05, 0.1) is 6.61 Å². The summed E-state index contributed by atoms with van der Waals surface area (Å²) in [6.07, 6.45) is 1.32. The van der Waals surface area contributed by atoms with Crippen molar-refractivity contribution in [3.8, 4) is 5.75 Å². The minimum absolute atomic E-state index is 0.0936. The van der Waals surface area contributed by atoms with Gasteiger partial charge in [0.2, 0.25) is 5.91 Å². The molecule has 3 nitrogen and oxygen atoms in total. The third-order valence-corrected chi connectivity index (χ3v) is 3.52. The highest BCUT2D eigenvalue weighted by molar-refractivity contribution is 5.76. The minimum Gasteiger partial charge on any atom is -0.494 e. The Morgan fingerprint density at radius 1 is 1.05 bits per heavy atom. The third kappa shape index (κ3) is 5.60. The Kier molecular flexibility index (Phi) is 6.49. The summed E-state index contributed by atoms with van der Waals surface area (Å²) in [5.74, 6) is 1.20. The van der Waals surface area contributed by atoms with Gasteiger partial charge in [-0.25, -0.2) is 0 Å². The van der Waals surface area contributed by atoms with Crippen LogP contribution in [0.25, 0.3) is 0 Å². The van der Waals surface area contributed by atoms with E-state index in [1.807, 2.05) is 48.5 Å². The minimum atomic E-state index is 0.0936. The van der Waals surface area contributed by atoms with Gasteiger partial charge in [0.15, 0.2) is 0 Å². The highest BCUT2D eigenvalue weighted by atomic mass is 16.5. The van der Waals surface area contributed by atoms with Crippen LogP contribution in [-0.4, -0.2) is 19.1 Å². The molecule has 0 aliphatic rings. The summed E-state index contributed by atoms with van der Waals surface area (Å²) in [4.78, 5) is 11.9. The van der Waals surface area contributed by atoms with Gasteiger partial charge in [0, 0.05) is 13.0 Å². The molecule has 2 rings (SSSR count). The summed E-state index contributed by atoms with van der Waals surface area (Å²) in [7, 11) is 0. The lowest BCUT2D eigenvalue weighted by atomic mass is 9.98. The Morgan fingerprint density at radius 3 is 2.36 bits per heavy atom. The summed E-state index contributed by atoms with van der Waals surface area (Å²) in [6.45, 7) is 3.33. The zero-order chi connectivity index (χ0) is 15.6. The van der Waals surface area contributed by atoms with Crippen molar-refractivity contribution in [1.82, 2.24) is 5.32 Å². The molecule has 0 bridgehead atoms. The molecule has 0 aromatic heterocycles. The fraction of sp³-hybridized carbons (Fsp3) is 0.316. The van der Waals surface area contributed by atoms with Crippen LogP contribution >= 0.6 is 0 Å². The number of amides is 1. The van der Waals surface area contributed by atoms with E-state index in [9.17, 15) is 4.79 Å². The van der Waals surface area contributed by atoms with E-state index in [0.717, 1.165) is 12.2 Å². The largest absolute Gasteiger partial charge is 0.494 e. The molecule has 2 aromatic carbocycles. The van der Waals surface area contributed by atoms with E-state index in [2.05, 4.69) is 24.4 Å². The molecule has 0 aliphatic carbocycles. The van der Waals surface area contributed by atoms with Crippen LogP contribution in [0.5, 0.6) is 5.75 Å². The summed E-state index contributed by atoms with van der Waals surface area (Å²) >= 11 is 0. The number of carbonyl (C=O) groups is 1. The highest BCUT2D eigenvalue weighted by Crippen LogP contribution is 2.17. The molecule has 0 saturated carbocycles. The van der Waals surface area contributed by atoms with E-state index in [0.29, 0.717) is 19.6 Å². The van der Waals surface area contributed by atoms with E-state index in [-0.39, 0.29) is 11.8 Å². The Morgan fingerprint density at radius 2 is 1.68 bits per heavy atom. The molecule has 0 aliphatic heterocycles. The van der Waals surface area contributed by atoms with Gasteiger partial charge >= 0.3 is 0 Å². The first-order valence-corrected chi connectivity index (χ1v) is 7.75. The van der Waals surface area contributed by atoms with E-state index < -0.39 is 0 Å². The number of hydrogen-bond donors (Lipinski definition) is 1. The lowest BCUT2D eigenvalue weighted by Crippen LogP contribution is -2.26. The van der Waals surface area contributed by atoms with E-state index >= 15 is 0 Å². The Bertz CT molecular complexity index is 554. The number of hydrogen-bond acceptors (Lipinski definition) is 2. The Hall–Kier alpha value is -2.29.